The fraction of sp³-hybridized carbons (Fsp3) is 0.0667. The summed E-state index contributed by atoms with van der Waals surface area (Å²) in [5.41, 5.74) is 0.460. The second-order valence-corrected chi connectivity index (χ2v) is 4.66. The van der Waals surface area contributed by atoms with Crippen LogP contribution in [-0.2, 0) is 4.79 Å². The van der Waals surface area contributed by atoms with Gasteiger partial charge < -0.3 is 10.6 Å². The average Bonchev–Trinajstić information content (AvgIpc) is 2.48. The van der Waals surface area contributed by atoms with Crippen molar-refractivity contribution in [2.24, 2.45) is 0 Å². The van der Waals surface area contributed by atoms with Crippen molar-refractivity contribution in [2.75, 3.05) is 11.9 Å². The monoisotopic (exact) mass is 306 g/mol. The summed E-state index contributed by atoms with van der Waals surface area (Å²) in [5, 5.41) is 5.05. The minimum Gasteiger partial charge on any atom is -0.343 e. The Kier molecular flexibility index (Phi) is 4.90. The van der Waals surface area contributed by atoms with E-state index in [0.717, 1.165) is 6.07 Å². The molecule has 2 aromatic carbocycles. The summed E-state index contributed by atoms with van der Waals surface area (Å²) < 4.78 is 13.5. The summed E-state index contributed by atoms with van der Waals surface area (Å²) in [4.78, 5) is 23.4. The van der Waals surface area contributed by atoms with Gasteiger partial charge in [-0.1, -0.05) is 29.8 Å². The van der Waals surface area contributed by atoms with Gasteiger partial charge in [-0.05, 0) is 30.3 Å². The summed E-state index contributed by atoms with van der Waals surface area (Å²) in [6, 6.07) is 12.4. The van der Waals surface area contributed by atoms with Crippen LogP contribution in [0.15, 0.2) is 48.5 Å². The summed E-state index contributed by atoms with van der Waals surface area (Å²) in [6.07, 6.45) is 0. The third-order valence-electron chi connectivity index (χ3n) is 2.65. The molecule has 2 aromatic rings. The van der Waals surface area contributed by atoms with Gasteiger partial charge in [-0.3, -0.25) is 9.59 Å². The first-order chi connectivity index (χ1) is 10.1. The first kappa shape index (κ1) is 15.0. The SMILES string of the molecule is O=C(CNC(=O)c1ccccc1)Nc1ccc(Cl)cc1F. The van der Waals surface area contributed by atoms with Gasteiger partial charge in [0.15, 0.2) is 0 Å². The zero-order valence-electron chi connectivity index (χ0n) is 10.9. The van der Waals surface area contributed by atoms with Crippen LogP contribution in [0.25, 0.3) is 0 Å². The van der Waals surface area contributed by atoms with E-state index in [-0.39, 0.29) is 23.2 Å². The fourth-order valence-corrected chi connectivity index (χ4v) is 1.80. The number of nitrogens with one attached hydrogen (secondary N) is 2. The molecule has 6 heteroatoms. The number of anilines is 1. The third kappa shape index (κ3) is 4.29. The summed E-state index contributed by atoms with van der Waals surface area (Å²) in [5.74, 6) is -1.53. The number of carbonyl (C=O) groups is 2. The van der Waals surface area contributed by atoms with E-state index < -0.39 is 11.7 Å². The number of hydrogen-bond donors (Lipinski definition) is 2. The lowest BCUT2D eigenvalue weighted by Gasteiger charge is -2.08. The first-order valence-corrected chi connectivity index (χ1v) is 6.52. The zero-order chi connectivity index (χ0) is 15.2. The molecular weight excluding hydrogens is 295 g/mol. The Morgan fingerprint density at radius 2 is 1.81 bits per heavy atom. The van der Waals surface area contributed by atoms with Gasteiger partial charge in [-0.15, -0.1) is 0 Å². The normalized spacial score (nSPS) is 10.0. The maximum Gasteiger partial charge on any atom is 0.251 e. The molecule has 0 aliphatic carbocycles. The quantitative estimate of drug-likeness (QED) is 0.912. The van der Waals surface area contributed by atoms with E-state index in [2.05, 4.69) is 10.6 Å². The number of halogens is 2. The smallest absolute Gasteiger partial charge is 0.251 e. The van der Waals surface area contributed by atoms with E-state index >= 15 is 0 Å². The summed E-state index contributed by atoms with van der Waals surface area (Å²) >= 11 is 5.61. The van der Waals surface area contributed by atoms with Crippen molar-refractivity contribution in [2.45, 2.75) is 0 Å². The number of carbonyl (C=O) groups excluding carboxylic acids is 2. The van der Waals surface area contributed by atoms with Gasteiger partial charge in [-0.25, -0.2) is 4.39 Å². The van der Waals surface area contributed by atoms with Gasteiger partial charge in [0.1, 0.15) is 5.82 Å². The molecule has 0 fully saturated rings. The molecule has 2 rings (SSSR count). The van der Waals surface area contributed by atoms with Crippen LogP contribution in [0, 0.1) is 5.82 Å². The van der Waals surface area contributed by atoms with E-state index in [1.54, 1.807) is 30.3 Å². The molecule has 0 saturated carbocycles. The van der Waals surface area contributed by atoms with Crippen molar-refractivity contribution in [3.05, 3.63) is 64.9 Å². The first-order valence-electron chi connectivity index (χ1n) is 6.14. The fourth-order valence-electron chi connectivity index (χ4n) is 1.64. The van der Waals surface area contributed by atoms with Gasteiger partial charge in [-0.2, -0.15) is 0 Å². The molecule has 0 aliphatic heterocycles. The van der Waals surface area contributed by atoms with Gasteiger partial charge >= 0.3 is 0 Å². The van der Waals surface area contributed by atoms with E-state index in [1.807, 2.05) is 0 Å². The topological polar surface area (TPSA) is 58.2 Å². The van der Waals surface area contributed by atoms with Crippen LogP contribution in [-0.4, -0.2) is 18.4 Å². The van der Waals surface area contributed by atoms with Gasteiger partial charge in [0.05, 0.1) is 12.2 Å². The second kappa shape index (κ2) is 6.85. The van der Waals surface area contributed by atoms with Crippen molar-refractivity contribution < 1.29 is 14.0 Å². The van der Waals surface area contributed by atoms with Crippen LogP contribution in [0.1, 0.15) is 10.4 Å². The molecule has 108 valence electrons. The summed E-state index contributed by atoms with van der Waals surface area (Å²) in [7, 11) is 0. The molecule has 0 heterocycles. The zero-order valence-corrected chi connectivity index (χ0v) is 11.7. The van der Waals surface area contributed by atoms with Crippen LogP contribution >= 0.6 is 11.6 Å². The number of hydrogen-bond acceptors (Lipinski definition) is 2. The molecule has 0 aliphatic rings. The maximum absolute atomic E-state index is 13.5. The molecule has 4 nitrogen and oxygen atoms in total. The molecule has 0 aromatic heterocycles. The Balaban J connectivity index is 1.89. The minimum atomic E-state index is -0.634. The van der Waals surface area contributed by atoms with Crippen LogP contribution in [0.2, 0.25) is 5.02 Å². The molecule has 0 saturated heterocycles. The molecule has 21 heavy (non-hydrogen) atoms. The Hall–Kier alpha value is -2.40. The maximum atomic E-state index is 13.5. The third-order valence-corrected chi connectivity index (χ3v) is 2.89. The highest BCUT2D eigenvalue weighted by Gasteiger charge is 2.10. The Morgan fingerprint density at radius 3 is 2.48 bits per heavy atom. The number of benzene rings is 2. The average molecular weight is 307 g/mol. The minimum absolute atomic E-state index is 0.0124. The van der Waals surface area contributed by atoms with Crippen LogP contribution in [0.3, 0.4) is 0 Å². The van der Waals surface area contributed by atoms with Gasteiger partial charge in [0, 0.05) is 10.6 Å². The molecule has 0 bridgehead atoms. The highest BCUT2D eigenvalue weighted by Crippen LogP contribution is 2.18. The van der Waals surface area contributed by atoms with Crippen molar-refractivity contribution in [3.8, 4) is 0 Å². The van der Waals surface area contributed by atoms with Gasteiger partial charge in [0.25, 0.3) is 5.91 Å². The standard InChI is InChI=1S/C15H12ClFN2O2/c16-11-6-7-13(12(17)8-11)19-14(20)9-18-15(21)10-4-2-1-3-5-10/h1-8H,9H2,(H,18,21)(H,19,20). The highest BCUT2D eigenvalue weighted by atomic mass is 35.5. The van der Waals surface area contributed by atoms with Crippen molar-refractivity contribution in [3.63, 3.8) is 0 Å². The van der Waals surface area contributed by atoms with Crippen molar-refractivity contribution >= 4 is 29.1 Å². The summed E-state index contributed by atoms with van der Waals surface area (Å²) in [6.45, 7) is -0.254. The molecule has 2 amide bonds. The predicted octanol–water partition coefficient (Wildman–Crippen LogP) is 2.85. The van der Waals surface area contributed by atoms with Crippen molar-refractivity contribution in [1.82, 2.24) is 5.32 Å². The predicted molar refractivity (Wildman–Crippen MR) is 78.8 cm³/mol. The Bertz CT molecular complexity index is 662. The lowest BCUT2D eigenvalue weighted by molar-refractivity contribution is -0.115. The number of amides is 2. The second-order valence-electron chi connectivity index (χ2n) is 4.22. The lowest BCUT2D eigenvalue weighted by atomic mass is 10.2. The Labute approximate surface area is 125 Å². The highest BCUT2D eigenvalue weighted by molar-refractivity contribution is 6.30. The molecule has 0 radical (unpaired) electrons. The molecule has 0 atom stereocenters. The largest absolute Gasteiger partial charge is 0.343 e. The molecule has 0 unspecified atom stereocenters. The van der Waals surface area contributed by atoms with Crippen LogP contribution in [0.5, 0.6) is 0 Å². The van der Waals surface area contributed by atoms with Crippen LogP contribution in [0.4, 0.5) is 10.1 Å². The van der Waals surface area contributed by atoms with E-state index in [1.165, 1.54) is 12.1 Å². The van der Waals surface area contributed by atoms with Gasteiger partial charge in [0.2, 0.25) is 5.91 Å². The molecule has 2 N–H and O–H groups in total. The molecule has 0 spiro atoms. The van der Waals surface area contributed by atoms with Crippen molar-refractivity contribution in [1.29, 1.82) is 0 Å². The number of rotatable bonds is 4. The Morgan fingerprint density at radius 1 is 1.10 bits per heavy atom. The van der Waals surface area contributed by atoms with E-state index in [9.17, 15) is 14.0 Å². The van der Waals surface area contributed by atoms with Crippen LogP contribution < -0.4 is 10.6 Å². The van der Waals surface area contributed by atoms with E-state index in [0.29, 0.717) is 5.56 Å². The van der Waals surface area contributed by atoms with E-state index in [4.69, 9.17) is 11.6 Å². The molecular formula is C15H12ClFN2O2. The lowest BCUT2D eigenvalue weighted by Crippen LogP contribution is -2.33.